The Balaban J connectivity index is 0.000000185. The zero-order valence-corrected chi connectivity index (χ0v) is 80.2. The normalized spacial score (nSPS) is 13.1. The number of nitrogens with zero attached hydrogens (tertiary/aromatic N) is 6. The Hall–Kier alpha value is -11.9. The zero-order valence-electron chi connectivity index (χ0n) is 75.8. The largest absolute Gasteiger partial charge is 3.00 e. The van der Waals surface area contributed by atoms with Gasteiger partial charge in [0.05, 0.1) is 68.3 Å². The van der Waals surface area contributed by atoms with Crippen LogP contribution in [0.5, 0.6) is 0 Å². The zero-order chi connectivity index (χ0) is 90.9. The molecule has 9 aromatic rings. The second-order valence-electron chi connectivity index (χ2n) is 33.3. The van der Waals surface area contributed by atoms with Crippen molar-refractivity contribution in [3.05, 3.63) is 208 Å². The Labute approximate surface area is 775 Å². The van der Waals surface area contributed by atoms with Gasteiger partial charge in [-0.15, -0.1) is 0 Å². The van der Waals surface area contributed by atoms with Crippen LogP contribution in [0, 0.1) is 41.5 Å². The van der Waals surface area contributed by atoms with E-state index in [0.717, 1.165) is 273 Å². The third-order valence-electron chi connectivity index (χ3n) is 26.0. The number of carbonyl (C=O) groups is 6. The number of carbonyl (C=O) groups excluding carboxylic acids is 6. The molecule has 0 saturated carbocycles. The van der Waals surface area contributed by atoms with Crippen LogP contribution >= 0.6 is 0 Å². The Kier molecular flexibility index (Phi) is 30.7. The molecule has 0 spiro atoms. The van der Waals surface area contributed by atoms with E-state index in [1.165, 1.54) is 16.7 Å². The molecule has 15 rings (SSSR count). The van der Waals surface area contributed by atoms with Gasteiger partial charge in [0.25, 0.3) is 0 Å². The maximum Gasteiger partial charge on any atom is 3.00 e. The van der Waals surface area contributed by atoms with E-state index in [2.05, 4.69) is 131 Å². The second kappa shape index (κ2) is 40.6. The molecule has 0 unspecified atom stereocenters. The van der Waals surface area contributed by atoms with E-state index in [0.29, 0.717) is 17.1 Å². The average molecular weight is 2090 g/mol. The van der Waals surface area contributed by atoms with Crippen molar-refractivity contribution in [3.8, 4) is 0 Å². The summed E-state index contributed by atoms with van der Waals surface area (Å²) in [6.45, 7) is 37.2. The number of hydrogen-bond acceptors (Lipinski definition) is 18. The number of aromatic amines is 6. The van der Waals surface area contributed by atoms with Crippen molar-refractivity contribution in [2.45, 2.75) is 240 Å². The Morgan fingerprint density at radius 2 is 0.359 bits per heavy atom. The molecule has 9 aromatic heterocycles. The van der Waals surface area contributed by atoms with E-state index in [4.69, 9.17) is 29.9 Å². The monoisotopic (exact) mass is 2090 g/mol. The van der Waals surface area contributed by atoms with E-state index in [-0.39, 0.29) is 122 Å². The van der Waals surface area contributed by atoms with Crippen LogP contribution in [-0.2, 0) is 112 Å². The minimum absolute atomic E-state index is 0. The Bertz CT molecular complexity index is 6220. The van der Waals surface area contributed by atoms with Crippen LogP contribution in [0.3, 0.4) is 0 Å². The van der Waals surface area contributed by atoms with Crippen molar-refractivity contribution >= 4 is 169 Å². The standard InChI is InChI=1S/3C34H38N4O4.2Au/c3*1-7-21-17(3)25-13-26-19(5)23(9-11-33(39)40)31(37-26)16-32-24(10-12-34(41)42)20(6)28(38-32)15-30-22(8-2)18(4)27(36-30)14-29(21)35-25;;/h3*13-16,35,38H,7-12H2,1-6H3,(H,39,40)(H,41,42);;/q;;;2*+3/p-6. The van der Waals surface area contributed by atoms with E-state index in [1.54, 1.807) is 0 Å². The molecular formula is C102H108Au2N12O12. The number of allylic oxidation sites excluding steroid dienone is 12. The van der Waals surface area contributed by atoms with Gasteiger partial charge < -0.3 is 89.3 Å². The number of nitrogens with one attached hydrogen (secondary N) is 6. The maximum absolute atomic E-state index is 11.4. The van der Waals surface area contributed by atoms with Gasteiger partial charge in [-0.05, 0) is 405 Å². The van der Waals surface area contributed by atoms with Crippen LogP contribution in [0.4, 0.5) is 0 Å². The van der Waals surface area contributed by atoms with Crippen LogP contribution in [0.15, 0.2) is 72.8 Å². The molecule has 0 amide bonds. The number of rotatable bonds is 24. The molecule has 0 fully saturated rings. The smallest absolute Gasteiger partial charge is 0.550 e. The number of aryl methyl sites for hydroxylation is 12. The molecule has 0 aliphatic carbocycles. The van der Waals surface area contributed by atoms with Crippen LogP contribution in [0.1, 0.15) is 295 Å². The molecule has 6 aliphatic heterocycles. The molecule has 0 saturated heterocycles. The molecule has 0 atom stereocenters. The fourth-order valence-electron chi connectivity index (χ4n) is 18.6. The number of H-pyrrole nitrogens is 6. The summed E-state index contributed by atoms with van der Waals surface area (Å²) in [5.41, 5.74) is 44.8. The number of aliphatic carboxylic acids is 6. The van der Waals surface area contributed by atoms with Gasteiger partial charge in [0.15, 0.2) is 0 Å². The van der Waals surface area contributed by atoms with Crippen LogP contribution in [0.25, 0.3) is 133 Å². The number of fused-ring (bicyclic) bond motifs is 24. The summed E-state index contributed by atoms with van der Waals surface area (Å²) in [7, 11) is 0. The summed E-state index contributed by atoms with van der Waals surface area (Å²) < 4.78 is 0. The molecule has 6 N–H and O–H groups in total. The minimum Gasteiger partial charge on any atom is -0.550 e. The fourth-order valence-corrected chi connectivity index (χ4v) is 18.6. The predicted octanol–water partition coefficient (Wildman–Crippen LogP) is 14.9. The molecule has 24 nitrogen and oxygen atoms in total. The average Bonchev–Trinajstić information content (AvgIpc) is 1.62. The van der Waals surface area contributed by atoms with Gasteiger partial charge >= 0.3 is 44.8 Å². The molecular weight excluding hydrogens is 1980 g/mol. The van der Waals surface area contributed by atoms with Crippen molar-refractivity contribution < 1.29 is 104 Å². The van der Waals surface area contributed by atoms with Crippen molar-refractivity contribution in [1.82, 2.24) is 59.8 Å². The summed E-state index contributed by atoms with van der Waals surface area (Å²) >= 11 is 0. The van der Waals surface area contributed by atoms with Crippen molar-refractivity contribution in [1.29, 1.82) is 0 Å². The molecule has 0 aromatic carbocycles. The van der Waals surface area contributed by atoms with E-state index >= 15 is 0 Å². The van der Waals surface area contributed by atoms with E-state index < -0.39 is 35.8 Å². The first kappa shape index (κ1) is 96.7. The maximum atomic E-state index is 11.4. The Morgan fingerprint density at radius 3 is 0.547 bits per heavy atom. The van der Waals surface area contributed by atoms with Gasteiger partial charge in [-0.3, -0.25) is 0 Å². The minimum atomic E-state index is -1.12. The van der Waals surface area contributed by atoms with Gasteiger partial charge in [-0.1, -0.05) is 41.5 Å². The summed E-state index contributed by atoms with van der Waals surface area (Å²) in [5, 5.41) is 68.5. The van der Waals surface area contributed by atoms with Crippen LogP contribution in [-0.4, -0.2) is 95.6 Å². The first-order valence-corrected chi connectivity index (χ1v) is 43.7. The predicted molar refractivity (Wildman–Crippen MR) is 488 cm³/mol. The second-order valence-corrected chi connectivity index (χ2v) is 33.3. The number of aromatic nitrogens is 12. The van der Waals surface area contributed by atoms with Gasteiger partial charge in [0, 0.05) is 102 Å². The van der Waals surface area contributed by atoms with E-state index in [9.17, 15) is 59.4 Å². The van der Waals surface area contributed by atoms with Gasteiger partial charge in [-0.2, -0.15) is 0 Å². The third-order valence-corrected chi connectivity index (χ3v) is 26.0. The summed E-state index contributed by atoms with van der Waals surface area (Å²) in [6.07, 6.45) is 5.94. The SMILES string of the molecule is CCC1=C(C)c2cc3[nH]c(cc4nc(cc5[nH]c(cc1n2)c(C)c5CCC(=O)[O-])C(CCC(=O)[O-])=C4C)c(C)c3CC.CCC1=C(C)c2cc3[nH]c(cc4nc(cc5[nH]c(cc1n2)c(C)c5CCC(=O)[O-])C(CCC(=O)[O-])=C4C)c(C)c3CC.CCC1=C(C)c2cc3[nH]c(cc4nc(cc5[nH]c(cc1n2)c(C)c5CCC(=O)[O-])C(CCC(=O)[O-])=C4C)c(C)c3CC.[Au+3].[Au+3]. The quantitative estimate of drug-likeness (QED) is 0.0306. The first-order valence-electron chi connectivity index (χ1n) is 43.7. The number of carboxylic acids is 6. The molecule has 15 heterocycles. The third kappa shape index (κ3) is 20.0. The van der Waals surface area contributed by atoms with Gasteiger partial charge in [0.1, 0.15) is 0 Å². The number of hydrogen-bond donors (Lipinski definition) is 6. The molecule has 128 heavy (non-hydrogen) atoms. The van der Waals surface area contributed by atoms with Crippen molar-refractivity contribution in [2.75, 3.05) is 0 Å². The number of carboxylic acid groups (broad SMARTS) is 6. The molecule has 6 aliphatic rings. The van der Waals surface area contributed by atoms with Crippen LogP contribution in [0.2, 0.25) is 0 Å². The Morgan fingerprint density at radius 1 is 0.211 bits per heavy atom. The first-order chi connectivity index (χ1) is 60.0. The van der Waals surface area contributed by atoms with Crippen molar-refractivity contribution in [3.63, 3.8) is 0 Å². The summed E-state index contributed by atoms with van der Waals surface area (Å²) in [6, 6.07) is 24.3. The fraction of sp³-hybridized carbons (Fsp3) is 0.353. The van der Waals surface area contributed by atoms with Gasteiger partial charge in [0.2, 0.25) is 0 Å². The molecule has 24 bridgehead atoms. The van der Waals surface area contributed by atoms with Gasteiger partial charge in [-0.25, -0.2) is 29.9 Å². The van der Waals surface area contributed by atoms with Crippen molar-refractivity contribution in [2.24, 2.45) is 0 Å². The summed E-state index contributed by atoms with van der Waals surface area (Å²) in [4.78, 5) is 120. The summed E-state index contributed by atoms with van der Waals surface area (Å²) in [5.74, 6) is -6.72. The molecule has 26 heteroatoms. The molecule has 0 radical (unpaired) electrons. The topological polar surface area (TPSA) is 413 Å². The molecule has 670 valence electrons. The van der Waals surface area contributed by atoms with E-state index in [1.807, 2.05) is 96.1 Å². The van der Waals surface area contributed by atoms with Crippen LogP contribution < -0.4 is 30.6 Å².